The van der Waals surface area contributed by atoms with Gasteiger partial charge in [0.05, 0.1) is 0 Å². The zero-order valence-corrected chi connectivity index (χ0v) is 17.1. The van der Waals surface area contributed by atoms with E-state index >= 15 is 0 Å². The van der Waals surface area contributed by atoms with E-state index in [0.29, 0.717) is 23.2 Å². The first kappa shape index (κ1) is 19.5. The Kier molecular flexibility index (Phi) is 4.81. The summed E-state index contributed by atoms with van der Waals surface area (Å²) in [6, 6.07) is 10.4. The predicted octanol–water partition coefficient (Wildman–Crippen LogP) is 2.58. The van der Waals surface area contributed by atoms with Crippen LogP contribution in [0.25, 0.3) is 0 Å². The lowest BCUT2D eigenvalue weighted by molar-refractivity contribution is -0.136. The van der Waals surface area contributed by atoms with Crippen LogP contribution < -0.4 is 10.6 Å². The van der Waals surface area contributed by atoms with Crippen LogP contribution in [0.3, 0.4) is 0 Å². The van der Waals surface area contributed by atoms with Gasteiger partial charge in [0.1, 0.15) is 6.04 Å². The number of piperidine rings is 1. The average molecular weight is 417 g/mol. The molecule has 0 bridgehead atoms. The third-order valence-electron chi connectivity index (χ3n) is 6.39. The number of rotatable bonds is 3. The minimum absolute atomic E-state index is 0.181. The standard InChI is InChI=1S/C24H23N3O4/c28-21-10-9-20(23(30)26-21)27-13-17-12-18(7-8-19(17)24(27)31)25-22(29)16-6-5-14-3-1-2-4-15(14)11-16/h5-8,11-12,20H,1-4,9-10,13H2,(H,25,29)(H,26,28,30). The van der Waals surface area contributed by atoms with Gasteiger partial charge in [-0.25, -0.2) is 0 Å². The number of anilines is 1. The van der Waals surface area contributed by atoms with Gasteiger partial charge in [-0.1, -0.05) is 6.07 Å². The second-order valence-corrected chi connectivity index (χ2v) is 8.42. The van der Waals surface area contributed by atoms with Crippen LogP contribution in [0.1, 0.15) is 63.1 Å². The Morgan fingerprint density at radius 3 is 2.55 bits per heavy atom. The fraction of sp³-hybridized carbons (Fsp3) is 0.333. The van der Waals surface area contributed by atoms with Crippen molar-refractivity contribution in [1.29, 1.82) is 0 Å². The molecule has 4 amide bonds. The molecule has 0 spiro atoms. The van der Waals surface area contributed by atoms with Crippen LogP contribution in [0.4, 0.5) is 5.69 Å². The molecular weight excluding hydrogens is 394 g/mol. The highest BCUT2D eigenvalue weighted by molar-refractivity contribution is 6.07. The van der Waals surface area contributed by atoms with Crippen molar-refractivity contribution in [3.05, 3.63) is 64.2 Å². The lowest BCUT2D eigenvalue weighted by atomic mass is 9.90. The molecule has 1 fully saturated rings. The van der Waals surface area contributed by atoms with Gasteiger partial charge in [-0.2, -0.15) is 0 Å². The van der Waals surface area contributed by atoms with Gasteiger partial charge in [-0.15, -0.1) is 0 Å². The zero-order chi connectivity index (χ0) is 21.5. The van der Waals surface area contributed by atoms with Gasteiger partial charge in [0.2, 0.25) is 11.8 Å². The first-order valence-electron chi connectivity index (χ1n) is 10.7. The molecule has 7 heteroatoms. The maximum absolute atomic E-state index is 12.8. The Balaban J connectivity index is 1.32. The van der Waals surface area contributed by atoms with E-state index in [-0.39, 0.29) is 30.7 Å². The average Bonchev–Trinajstić information content (AvgIpc) is 3.09. The van der Waals surface area contributed by atoms with Crippen molar-refractivity contribution >= 4 is 29.3 Å². The van der Waals surface area contributed by atoms with Crippen molar-refractivity contribution in [3.8, 4) is 0 Å². The molecule has 3 aliphatic rings. The van der Waals surface area contributed by atoms with Gasteiger partial charge in [-0.3, -0.25) is 24.5 Å². The summed E-state index contributed by atoms with van der Waals surface area (Å²) in [4.78, 5) is 50.6. The summed E-state index contributed by atoms with van der Waals surface area (Å²) in [6.45, 7) is 0.281. The number of imide groups is 1. The van der Waals surface area contributed by atoms with E-state index in [1.165, 1.54) is 22.4 Å². The van der Waals surface area contributed by atoms with E-state index in [4.69, 9.17) is 0 Å². The molecule has 1 unspecified atom stereocenters. The van der Waals surface area contributed by atoms with Crippen molar-refractivity contribution in [2.45, 2.75) is 51.1 Å². The molecule has 0 saturated carbocycles. The quantitative estimate of drug-likeness (QED) is 0.751. The summed E-state index contributed by atoms with van der Waals surface area (Å²) in [7, 11) is 0. The third kappa shape index (κ3) is 3.60. The fourth-order valence-corrected chi connectivity index (χ4v) is 4.73. The van der Waals surface area contributed by atoms with E-state index in [1.54, 1.807) is 18.2 Å². The third-order valence-corrected chi connectivity index (χ3v) is 6.39. The molecule has 158 valence electrons. The van der Waals surface area contributed by atoms with Crippen molar-refractivity contribution < 1.29 is 19.2 Å². The summed E-state index contributed by atoms with van der Waals surface area (Å²) in [6.07, 6.45) is 4.97. The molecule has 1 saturated heterocycles. The number of hydrogen-bond acceptors (Lipinski definition) is 4. The largest absolute Gasteiger partial charge is 0.322 e. The number of fused-ring (bicyclic) bond motifs is 2. The Bertz CT molecular complexity index is 1120. The number of carbonyl (C=O) groups excluding carboxylic acids is 4. The summed E-state index contributed by atoms with van der Waals surface area (Å²) < 4.78 is 0. The Morgan fingerprint density at radius 1 is 0.935 bits per heavy atom. The molecule has 7 nitrogen and oxygen atoms in total. The number of aryl methyl sites for hydroxylation is 2. The van der Waals surface area contributed by atoms with Gasteiger partial charge in [-0.05, 0) is 79.1 Å². The summed E-state index contributed by atoms with van der Waals surface area (Å²) in [5, 5.41) is 5.23. The van der Waals surface area contributed by atoms with Crippen molar-refractivity contribution in [2.75, 3.05) is 5.32 Å². The van der Waals surface area contributed by atoms with E-state index in [0.717, 1.165) is 24.8 Å². The summed E-state index contributed by atoms with van der Waals surface area (Å²) in [5.74, 6) is -1.15. The molecule has 0 radical (unpaired) electrons. The summed E-state index contributed by atoms with van der Waals surface area (Å²) in [5.41, 5.74) is 5.10. The van der Waals surface area contributed by atoms with Crippen LogP contribution in [-0.4, -0.2) is 34.6 Å². The molecule has 1 aliphatic carbocycles. The molecule has 5 rings (SSSR count). The monoisotopic (exact) mass is 417 g/mol. The van der Waals surface area contributed by atoms with Gasteiger partial charge >= 0.3 is 0 Å². The van der Waals surface area contributed by atoms with E-state index in [2.05, 4.69) is 10.6 Å². The van der Waals surface area contributed by atoms with Crippen LogP contribution >= 0.6 is 0 Å². The highest BCUT2D eigenvalue weighted by Gasteiger charge is 2.39. The Labute approximate surface area is 179 Å². The SMILES string of the molecule is O=C1CCC(N2Cc3cc(NC(=O)c4ccc5c(c4)CCCC5)ccc3C2=O)C(=O)N1. The molecule has 2 heterocycles. The number of nitrogens with one attached hydrogen (secondary N) is 2. The number of nitrogens with zero attached hydrogens (tertiary/aromatic N) is 1. The topological polar surface area (TPSA) is 95.6 Å². The van der Waals surface area contributed by atoms with Gasteiger partial charge in [0, 0.05) is 29.8 Å². The summed E-state index contributed by atoms with van der Waals surface area (Å²) >= 11 is 0. The number of carbonyl (C=O) groups is 4. The van der Waals surface area contributed by atoms with Crippen molar-refractivity contribution in [2.24, 2.45) is 0 Å². The maximum atomic E-state index is 12.8. The molecule has 2 N–H and O–H groups in total. The molecule has 2 aliphatic heterocycles. The minimum atomic E-state index is -0.647. The molecule has 2 aromatic rings. The van der Waals surface area contributed by atoms with E-state index in [9.17, 15) is 19.2 Å². The number of benzene rings is 2. The second-order valence-electron chi connectivity index (χ2n) is 8.42. The molecule has 2 aromatic carbocycles. The van der Waals surface area contributed by atoms with Crippen LogP contribution in [0.2, 0.25) is 0 Å². The Hall–Kier alpha value is -3.48. The molecule has 0 aromatic heterocycles. The number of hydrogen-bond donors (Lipinski definition) is 2. The molecule has 31 heavy (non-hydrogen) atoms. The molecule has 1 atom stereocenters. The lowest BCUT2D eigenvalue weighted by Gasteiger charge is -2.29. The first-order valence-corrected chi connectivity index (χ1v) is 10.7. The van der Waals surface area contributed by atoms with Crippen LogP contribution in [0, 0.1) is 0 Å². The van der Waals surface area contributed by atoms with Crippen LogP contribution in [-0.2, 0) is 29.0 Å². The van der Waals surface area contributed by atoms with Gasteiger partial charge < -0.3 is 10.2 Å². The second kappa shape index (κ2) is 7.65. The highest BCUT2D eigenvalue weighted by Crippen LogP contribution is 2.30. The molecular formula is C24H23N3O4. The minimum Gasteiger partial charge on any atom is -0.322 e. The van der Waals surface area contributed by atoms with E-state index in [1.807, 2.05) is 18.2 Å². The van der Waals surface area contributed by atoms with Crippen LogP contribution in [0.5, 0.6) is 0 Å². The van der Waals surface area contributed by atoms with Crippen molar-refractivity contribution in [1.82, 2.24) is 10.2 Å². The van der Waals surface area contributed by atoms with Gasteiger partial charge in [0.15, 0.2) is 0 Å². The van der Waals surface area contributed by atoms with Crippen molar-refractivity contribution in [3.63, 3.8) is 0 Å². The lowest BCUT2D eigenvalue weighted by Crippen LogP contribution is -2.52. The smallest absolute Gasteiger partial charge is 0.255 e. The maximum Gasteiger partial charge on any atom is 0.255 e. The van der Waals surface area contributed by atoms with E-state index < -0.39 is 11.9 Å². The Morgan fingerprint density at radius 2 is 1.74 bits per heavy atom. The first-order chi connectivity index (χ1) is 15.0. The zero-order valence-electron chi connectivity index (χ0n) is 17.1. The number of amides is 4. The van der Waals surface area contributed by atoms with Crippen LogP contribution in [0.15, 0.2) is 36.4 Å². The highest BCUT2D eigenvalue weighted by atomic mass is 16.2. The fourth-order valence-electron chi connectivity index (χ4n) is 4.73. The van der Waals surface area contributed by atoms with Gasteiger partial charge in [0.25, 0.3) is 11.8 Å². The predicted molar refractivity (Wildman–Crippen MR) is 114 cm³/mol. The normalized spacial score (nSPS) is 20.2.